The van der Waals surface area contributed by atoms with Crippen molar-refractivity contribution >= 4 is 39.0 Å². The summed E-state index contributed by atoms with van der Waals surface area (Å²) in [5.41, 5.74) is 0. The molecule has 4 heteroatoms. The summed E-state index contributed by atoms with van der Waals surface area (Å²) < 4.78 is 6.60. The number of hydrogen-bond donors (Lipinski definition) is 0. The van der Waals surface area contributed by atoms with Gasteiger partial charge in [0.25, 0.3) is 0 Å². The number of thiophene rings is 1. The number of fused-ring (bicyclic) bond motifs is 1. The summed E-state index contributed by atoms with van der Waals surface area (Å²) in [6, 6.07) is 0. The summed E-state index contributed by atoms with van der Waals surface area (Å²) in [6.45, 7) is 0.848. The van der Waals surface area contributed by atoms with Crippen molar-refractivity contribution in [3.8, 4) is 5.75 Å². The minimum atomic E-state index is 0.848. The maximum absolute atomic E-state index is 5.40. The average Bonchev–Trinajstić information content (AvgIpc) is 2.34. The van der Waals surface area contributed by atoms with Crippen LogP contribution in [-0.4, -0.2) is 12.4 Å². The Morgan fingerprint density at radius 3 is 3.30 bits per heavy atom. The molecule has 1 aromatic rings. The van der Waals surface area contributed by atoms with E-state index in [1.165, 1.54) is 8.68 Å². The van der Waals surface area contributed by atoms with E-state index in [0.717, 1.165) is 18.1 Å². The van der Waals surface area contributed by atoms with E-state index in [2.05, 4.69) is 15.9 Å². The molecule has 0 aromatic carbocycles. The van der Waals surface area contributed by atoms with E-state index in [4.69, 9.17) is 4.74 Å². The first-order valence-electron chi connectivity index (χ1n) is 2.90. The van der Waals surface area contributed by atoms with Gasteiger partial charge in [0.1, 0.15) is 5.75 Å². The number of ether oxygens (including phenoxy) is 1. The summed E-state index contributed by atoms with van der Waals surface area (Å²) in [7, 11) is 0. The van der Waals surface area contributed by atoms with Crippen LogP contribution in [-0.2, 0) is 0 Å². The third kappa shape index (κ3) is 1.08. The van der Waals surface area contributed by atoms with Crippen molar-refractivity contribution < 1.29 is 4.74 Å². The first-order valence-corrected chi connectivity index (χ1v) is 5.56. The predicted molar refractivity (Wildman–Crippen MR) is 48.2 cm³/mol. The Morgan fingerprint density at radius 2 is 2.50 bits per heavy atom. The molecule has 54 valence electrons. The van der Waals surface area contributed by atoms with E-state index in [1.54, 1.807) is 11.3 Å². The summed E-state index contributed by atoms with van der Waals surface area (Å²) in [5.74, 6) is 2.12. The van der Waals surface area contributed by atoms with Crippen molar-refractivity contribution in [2.45, 2.75) is 4.90 Å². The van der Waals surface area contributed by atoms with Crippen LogP contribution in [0, 0.1) is 0 Å². The van der Waals surface area contributed by atoms with Gasteiger partial charge < -0.3 is 4.74 Å². The number of hydrogen-bond acceptors (Lipinski definition) is 3. The van der Waals surface area contributed by atoms with Crippen molar-refractivity contribution in [3.05, 3.63) is 9.17 Å². The molecule has 0 unspecified atom stereocenters. The van der Waals surface area contributed by atoms with Crippen LogP contribution in [0.15, 0.2) is 14.1 Å². The van der Waals surface area contributed by atoms with E-state index >= 15 is 0 Å². The fourth-order valence-electron chi connectivity index (χ4n) is 0.832. The molecule has 0 radical (unpaired) electrons. The van der Waals surface area contributed by atoms with Gasteiger partial charge in [0, 0.05) is 11.1 Å². The number of thioether (sulfide) groups is 1. The zero-order chi connectivity index (χ0) is 6.97. The van der Waals surface area contributed by atoms with Crippen LogP contribution < -0.4 is 4.74 Å². The second kappa shape index (κ2) is 2.75. The Hall–Kier alpha value is 0.330. The molecule has 2 rings (SSSR count). The highest BCUT2D eigenvalue weighted by atomic mass is 79.9. The SMILES string of the molecule is Brc1scc2c1SCCO2. The van der Waals surface area contributed by atoms with Gasteiger partial charge >= 0.3 is 0 Å². The van der Waals surface area contributed by atoms with Gasteiger partial charge in [-0.25, -0.2) is 0 Å². The molecule has 0 aliphatic carbocycles. The summed E-state index contributed by atoms with van der Waals surface area (Å²) in [6.07, 6.45) is 0. The predicted octanol–water partition coefficient (Wildman–Crippen LogP) is 3.00. The molecule has 1 nitrogen and oxygen atoms in total. The molecular formula is C6H5BrOS2. The van der Waals surface area contributed by atoms with Crippen LogP contribution >= 0.6 is 39.0 Å². The van der Waals surface area contributed by atoms with Crippen LogP contribution in [0.1, 0.15) is 0 Å². The van der Waals surface area contributed by atoms with Gasteiger partial charge in [0.05, 0.1) is 15.3 Å². The monoisotopic (exact) mass is 236 g/mol. The molecule has 0 amide bonds. The summed E-state index contributed by atoms with van der Waals surface area (Å²) in [4.78, 5) is 1.27. The quantitative estimate of drug-likeness (QED) is 0.686. The lowest BCUT2D eigenvalue weighted by molar-refractivity contribution is 0.331. The van der Waals surface area contributed by atoms with Crippen LogP contribution in [0.5, 0.6) is 5.75 Å². The molecule has 0 fully saturated rings. The lowest BCUT2D eigenvalue weighted by Crippen LogP contribution is -2.04. The third-order valence-electron chi connectivity index (χ3n) is 1.26. The minimum Gasteiger partial charge on any atom is -0.491 e. The van der Waals surface area contributed by atoms with Gasteiger partial charge in [0.15, 0.2) is 0 Å². The molecular weight excluding hydrogens is 232 g/mol. The van der Waals surface area contributed by atoms with Crippen LogP contribution in [0.25, 0.3) is 0 Å². The molecule has 0 spiro atoms. The van der Waals surface area contributed by atoms with Crippen LogP contribution in [0.3, 0.4) is 0 Å². The van der Waals surface area contributed by atoms with Crippen LogP contribution in [0.4, 0.5) is 0 Å². The van der Waals surface area contributed by atoms with E-state index in [0.29, 0.717) is 0 Å². The Balaban J connectivity index is 2.45. The van der Waals surface area contributed by atoms with Crippen molar-refractivity contribution in [3.63, 3.8) is 0 Å². The zero-order valence-corrected chi connectivity index (χ0v) is 8.31. The largest absolute Gasteiger partial charge is 0.491 e. The Morgan fingerprint density at radius 1 is 1.60 bits per heavy atom. The third-order valence-corrected chi connectivity index (χ3v) is 4.42. The second-order valence-electron chi connectivity index (χ2n) is 1.90. The number of rotatable bonds is 0. The van der Waals surface area contributed by atoms with E-state index < -0.39 is 0 Å². The van der Waals surface area contributed by atoms with Crippen molar-refractivity contribution in [2.75, 3.05) is 12.4 Å². The minimum absolute atomic E-state index is 0.848. The summed E-state index contributed by atoms with van der Waals surface area (Å²) in [5, 5.41) is 2.05. The second-order valence-corrected chi connectivity index (χ2v) is 5.20. The van der Waals surface area contributed by atoms with Crippen molar-refractivity contribution in [1.29, 1.82) is 0 Å². The highest BCUT2D eigenvalue weighted by molar-refractivity contribution is 9.11. The lowest BCUT2D eigenvalue weighted by atomic mass is 10.6. The fourth-order valence-corrected chi connectivity index (χ4v) is 3.40. The molecule has 0 N–H and O–H groups in total. The average molecular weight is 237 g/mol. The van der Waals surface area contributed by atoms with Gasteiger partial charge in [0.2, 0.25) is 0 Å². The van der Waals surface area contributed by atoms with Gasteiger partial charge in [-0.3, -0.25) is 0 Å². The molecule has 2 heterocycles. The van der Waals surface area contributed by atoms with E-state index in [9.17, 15) is 0 Å². The standard InChI is InChI=1S/C6H5BrOS2/c7-6-5-4(3-10-6)8-1-2-9-5/h3H,1-2H2. The van der Waals surface area contributed by atoms with Crippen LogP contribution in [0.2, 0.25) is 0 Å². The van der Waals surface area contributed by atoms with Gasteiger partial charge in [-0.05, 0) is 15.9 Å². The molecule has 0 bridgehead atoms. The fraction of sp³-hybridized carbons (Fsp3) is 0.333. The lowest BCUT2D eigenvalue weighted by Gasteiger charge is -2.12. The molecule has 1 aromatic heterocycles. The molecule has 1 aliphatic heterocycles. The van der Waals surface area contributed by atoms with E-state index in [-0.39, 0.29) is 0 Å². The van der Waals surface area contributed by atoms with Crippen molar-refractivity contribution in [1.82, 2.24) is 0 Å². The Bertz CT molecular complexity index is 246. The highest BCUT2D eigenvalue weighted by Gasteiger charge is 2.15. The molecule has 0 saturated carbocycles. The normalized spacial score (nSPS) is 16.1. The first-order chi connectivity index (χ1) is 4.88. The van der Waals surface area contributed by atoms with Gasteiger partial charge in [-0.2, -0.15) is 0 Å². The van der Waals surface area contributed by atoms with Gasteiger partial charge in [-0.1, -0.05) is 0 Å². The zero-order valence-electron chi connectivity index (χ0n) is 5.09. The van der Waals surface area contributed by atoms with Crippen molar-refractivity contribution in [2.24, 2.45) is 0 Å². The molecule has 1 aliphatic rings. The highest BCUT2D eigenvalue weighted by Crippen LogP contribution is 2.43. The molecule has 0 atom stereocenters. The summed E-state index contributed by atoms with van der Waals surface area (Å²) >= 11 is 7.02. The number of halogens is 1. The molecule has 10 heavy (non-hydrogen) atoms. The Labute approximate surface area is 75.9 Å². The smallest absolute Gasteiger partial charge is 0.144 e. The van der Waals surface area contributed by atoms with E-state index in [1.807, 2.05) is 17.1 Å². The topological polar surface area (TPSA) is 9.23 Å². The maximum Gasteiger partial charge on any atom is 0.144 e. The Kier molecular flexibility index (Phi) is 1.93. The first kappa shape index (κ1) is 7.00. The maximum atomic E-state index is 5.40. The van der Waals surface area contributed by atoms with Gasteiger partial charge in [-0.15, -0.1) is 23.1 Å². The molecule has 0 saturated heterocycles.